The van der Waals surface area contributed by atoms with Gasteiger partial charge in [0, 0.05) is 71.8 Å². The second-order valence-corrected chi connectivity index (χ2v) is 34.8. The molecule has 3 saturated heterocycles. The number of ether oxygens (including phenoxy) is 2. The zero-order valence-corrected chi connectivity index (χ0v) is 51.2. The summed E-state index contributed by atoms with van der Waals surface area (Å²) < 4.78 is 62.9. The van der Waals surface area contributed by atoms with Crippen LogP contribution in [0.2, 0.25) is 0 Å². The van der Waals surface area contributed by atoms with Crippen LogP contribution in [0.4, 0.5) is 9.59 Å². The monoisotopic (exact) mass is 1110 g/mol. The maximum Gasteiger partial charge on any atom is 0.410 e. The number of hydrogen-bond donors (Lipinski definition) is 2. The van der Waals surface area contributed by atoms with Gasteiger partial charge in [-0.25, -0.2) is 26.4 Å². The lowest BCUT2D eigenvalue weighted by Crippen LogP contribution is -2.46. The van der Waals surface area contributed by atoms with Gasteiger partial charge >= 0.3 is 12.2 Å². The molecule has 3 heterocycles. The molecular formula is C58H99N3O11S3. The van der Waals surface area contributed by atoms with E-state index in [1.165, 1.54) is 6.42 Å². The van der Waals surface area contributed by atoms with Crippen molar-refractivity contribution in [2.45, 2.75) is 216 Å². The summed E-state index contributed by atoms with van der Waals surface area (Å²) in [5, 5.41) is 13.8. The van der Waals surface area contributed by atoms with Crippen LogP contribution in [0, 0.1) is 68.0 Å². The molecule has 0 radical (unpaired) electrons. The topological polar surface area (TPSA) is 194 Å². The Morgan fingerprint density at radius 3 is 1.55 bits per heavy atom. The average Bonchev–Trinajstić information content (AvgIpc) is 4.13. The Morgan fingerprint density at radius 2 is 1.12 bits per heavy atom. The molecule has 4 unspecified atom stereocenters. The zero-order chi connectivity index (χ0) is 55.9. The highest BCUT2D eigenvalue weighted by Gasteiger charge is 2.67. The van der Waals surface area contributed by atoms with Crippen LogP contribution in [-0.4, -0.2) is 145 Å². The lowest BCUT2D eigenvalue weighted by atomic mass is 9.70. The number of amides is 2. The molecule has 0 aromatic carbocycles. The van der Waals surface area contributed by atoms with Crippen molar-refractivity contribution in [3.05, 3.63) is 0 Å². The molecule has 0 spiro atoms. The van der Waals surface area contributed by atoms with Crippen LogP contribution in [0.15, 0.2) is 0 Å². The molecule has 9 fully saturated rings. The second-order valence-electron chi connectivity index (χ2n) is 29.5. The standard InChI is InChI=1S/C21H35NO5S.C21H35NO3S.C16H29NO3S/c1-14-9-16(22(11-14)18(24)27-19(2,3)4)12-28(25,26)13-21-8-7-15(10-17(21)23)20(21,5)6;1-14-9-16(22(11-14)18(24)25-19(2,3)4)12-26-13-21-8-7-15(10-17(21)23)20(21,5)6;1-11-6-13(17-8-11)9-21(19,20)10-16-5-4-12(7-14(16)18)15(16,2)3/h14-16H,7-13H2,1-6H3;14-16H,7-13H2,1-6H3;11-14,17-18H,4-10H2,1-3H3/t2*14-,15?,16+,21-;11-,12?,13+,14?,16-/m111/s1. The molecular weight excluding hydrogens is 1010 g/mol. The van der Waals surface area contributed by atoms with Gasteiger partial charge in [-0.05, 0) is 164 Å². The minimum Gasteiger partial charge on any atom is -0.444 e. The Kier molecular flexibility index (Phi) is 17.1. The van der Waals surface area contributed by atoms with Crippen molar-refractivity contribution >= 4 is 55.2 Å². The molecule has 2 amide bonds. The minimum atomic E-state index is -3.50. The molecule has 2 N–H and O–H groups in total. The fourth-order valence-corrected chi connectivity index (χ4v) is 23.0. The third kappa shape index (κ3) is 12.1. The van der Waals surface area contributed by atoms with Gasteiger partial charge in [-0.15, -0.1) is 0 Å². The van der Waals surface area contributed by atoms with Crippen molar-refractivity contribution in [3.8, 4) is 0 Å². The van der Waals surface area contributed by atoms with Gasteiger partial charge in [0.15, 0.2) is 19.7 Å². The maximum atomic E-state index is 13.2. The number of fused-ring (bicyclic) bond motifs is 6. The highest BCUT2D eigenvalue weighted by molar-refractivity contribution is 7.99. The number of carbonyl (C=O) groups excluding carboxylic acids is 4. The number of sulfone groups is 2. The molecule has 6 aliphatic carbocycles. The molecule has 0 aromatic heterocycles. The first-order valence-electron chi connectivity index (χ1n) is 28.8. The third-order valence-corrected chi connectivity index (χ3v) is 26.1. The number of nitrogens with one attached hydrogen (secondary N) is 1. The number of ketones is 2. The Bertz CT molecular complexity index is 2380. The number of rotatable bonds is 12. The largest absolute Gasteiger partial charge is 0.444 e. The summed E-state index contributed by atoms with van der Waals surface area (Å²) >= 11 is 1.87. The summed E-state index contributed by atoms with van der Waals surface area (Å²) in [5.74, 6) is 5.25. The predicted molar refractivity (Wildman–Crippen MR) is 298 cm³/mol. The van der Waals surface area contributed by atoms with E-state index in [9.17, 15) is 41.1 Å². The number of aliphatic hydroxyl groups excluding tert-OH is 1. The normalized spacial score (nSPS) is 38.2. The van der Waals surface area contributed by atoms with E-state index in [4.69, 9.17) is 9.47 Å². The van der Waals surface area contributed by atoms with Gasteiger partial charge in [0.2, 0.25) is 0 Å². The first-order valence-corrected chi connectivity index (χ1v) is 33.5. The fourth-order valence-electron chi connectivity index (χ4n) is 16.3. The van der Waals surface area contributed by atoms with Gasteiger partial charge in [0.25, 0.3) is 0 Å². The predicted octanol–water partition coefficient (Wildman–Crippen LogP) is 9.79. The number of Topliss-reactive ketones (excluding diaryl/α,β-unsaturated/α-hetero) is 2. The fraction of sp³-hybridized carbons (Fsp3) is 0.931. The van der Waals surface area contributed by atoms with E-state index in [-0.39, 0.29) is 80.6 Å². The number of carbonyl (C=O) groups is 4. The highest BCUT2D eigenvalue weighted by atomic mass is 32.2. The van der Waals surface area contributed by atoms with E-state index in [0.717, 1.165) is 76.0 Å². The van der Waals surface area contributed by atoms with Gasteiger partial charge in [-0.2, -0.15) is 11.8 Å². The quantitative estimate of drug-likeness (QED) is 0.188. The van der Waals surface area contributed by atoms with Crippen molar-refractivity contribution in [2.24, 2.45) is 68.0 Å². The lowest BCUT2D eigenvalue weighted by molar-refractivity contribution is -0.128. The van der Waals surface area contributed by atoms with E-state index in [0.29, 0.717) is 61.2 Å². The number of aliphatic hydroxyl groups is 1. The van der Waals surface area contributed by atoms with Crippen LogP contribution >= 0.6 is 11.8 Å². The summed E-state index contributed by atoms with van der Waals surface area (Å²) in [6, 6.07) is -0.0682. The Balaban J connectivity index is 0.000000166. The van der Waals surface area contributed by atoms with Gasteiger partial charge in [-0.1, -0.05) is 62.3 Å². The second kappa shape index (κ2) is 21.2. The number of nitrogens with zero attached hydrogens (tertiary/aromatic N) is 2. The van der Waals surface area contributed by atoms with E-state index in [1.54, 1.807) is 25.7 Å². The first kappa shape index (κ1) is 60.7. The summed E-state index contributed by atoms with van der Waals surface area (Å²) in [4.78, 5) is 54.0. The Labute approximate surface area is 457 Å². The molecule has 3 aliphatic heterocycles. The zero-order valence-electron chi connectivity index (χ0n) is 48.8. The van der Waals surface area contributed by atoms with E-state index < -0.39 is 53.9 Å². The molecule has 0 aromatic rings. The van der Waals surface area contributed by atoms with Crippen molar-refractivity contribution < 1.29 is 50.6 Å². The van der Waals surface area contributed by atoms with Crippen LogP contribution in [-0.2, 0) is 38.7 Å². The Morgan fingerprint density at radius 1 is 0.640 bits per heavy atom. The molecule has 14 nitrogen and oxygen atoms in total. The van der Waals surface area contributed by atoms with Gasteiger partial charge in [0.05, 0.1) is 29.1 Å². The maximum absolute atomic E-state index is 13.2. The van der Waals surface area contributed by atoms with Gasteiger partial charge in [-0.3, -0.25) is 9.59 Å². The van der Waals surface area contributed by atoms with E-state index in [1.807, 2.05) is 44.4 Å². The Hall–Kier alpha value is -1.95. The number of thioether (sulfide) groups is 1. The first-order chi connectivity index (χ1) is 34.3. The lowest BCUT2D eigenvalue weighted by Gasteiger charge is -2.40. The molecule has 6 saturated carbocycles. The highest BCUT2D eigenvalue weighted by Crippen LogP contribution is 2.67. The number of hydrogen-bond acceptors (Lipinski definition) is 13. The minimum absolute atomic E-state index is 0.0596. The molecule has 9 rings (SSSR count). The van der Waals surface area contributed by atoms with Crippen LogP contribution < -0.4 is 5.32 Å². The molecule has 430 valence electrons. The summed E-state index contributed by atoms with van der Waals surface area (Å²) in [6.45, 7) is 32.7. The van der Waals surface area contributed by atoms with Crippen LogP contribution in [0.25, 0.3) is 0 Å². The molecule has 17 heteroatoms. The molecule has 75 heavy (non-hydrogen) atoms. The van der Waals surface area contributed by atoms with Gasteiger partial charge < -0.3 is 29.7 Å². The van der Waals surface area contributed by atoms with E-state index >= 15 is 0 Å². The van der Waals surface area contributed by atoms with Crippen molar-refractivity contribution in [2.75, 3.05) is 54.2 Å². The summed E-state index contributed by atoms with van der Waals surface area (Å²) in [5.41, 5.74) is -2.59. The summed E-state index contributed by atoms with van der Waals surface area (Å²) in [6.07, 6.45) is 9.36. The molecule has 6 bridgehead atoms. The van der Waals surface area contributed by atoms with Crippen molar-refractivity contribution in [1.29, 1.82) is 0 Å². The van der Waals surface area contributed by atoms with E-state index in [2.05, 4.69) is 60.7 Å². The summed E-state index contributed by atoms with van der Waals surface area (Å²) in [7, 11) is -6.64. The smallest absolute Gasteiger partial charge is 0.410 e. The van der Waals surface area contributed by atoms with Crippen molar-refractivity contribution in [1.82, 2.24) is 15.1 Å². The number of likely N-dealkylation sites (tertiary alicyclic amines) is 2. The average molecular weight is 1110 g/mol. The van der Waals surface area contributed by atoms with Gasteiger partial charge in [0.1, 0.15) is 22.8 Å². The van der Waals surface area contributed by atoms with Crippen LogP contribution in [0.5, 0.6) is 0 Å². The molecule has 13 atom stereocenters. The van der Waals surface area contributed by atoms with Crippen LogP contribution in [0.1, 0.15) is 181 Å². The SMILES string of the molecule is C[C@@H]1C[C@@H](CS(=O)(=O)C[C@]23CCC(CC2=O)C3(C)C)N(C(=O)OC(C)(C)C)C1.C[C@@H]1C[C@@H](CSC[C@]23CCC(CC2=O)C3(C)C)N(C(=O)OC(C)(C)C)C1.C[C@H]1CN[C@H](CS(=O)(=O)C[C@]23CCC(CC2O)C3(C)C)C1. The van der Waals surface area contributed by atoms with Crippen LogP contribution in [0.3, 0.4) is 0 Å². The third-order valence-electron chi connectivity index (χ3n) is 21.1. The molecule has 9 aliphatic rings. The van der Waals surface area contributed by atoms with Crippen molar-refractivity contribution in [3.63, 3.8) is 0 Å².